The Morgan fingerprint density at radius 3 is 2.48 bits per heavy atom. The SMILES string of the molecule is CCS(=O)(=O)N1CCc2cc(C(=O)COC(=O)c3ccccc3Nc3ccccc3)ccc21. The molecule has 4 rings (SSSR count). The quantitative estimate of drug-likeness (QED) is 0.397. The molecule has 0 radical (unpaired) electrons. The first-order chi connectivity index (χ1) is 15.9. The molecule has 0 unspecified atom stereocenters. The minimum atomic E-state index is -3.35. The number of fused-ring (bicyclic) bond motifs is 1. The maximum Gasteiger partial charge on any atom is 0.340 e. The maximum absolute atomic E-state index is 12.7. The Kier molecular flexibility index (Phi) is 6.46. The molecule has 3 aromatic rings. The molecule has 0 aliphatic carbocycles. The number of nitrogens with one attached hydrogen (secondary N) is 1. The van der Waals surface area contributed by atoms with Gasteiger partial charge < -0.3 is 10.1 Å². The van der Waals surface area contributed by atoms with Gasteiger partial charge in [-0.1, -0.05) is 30.3 Å². The van der Waals surface area contributed by atoms with E-state index in [4.69, 9.17) is 4.74 Å². The first kappa shape index (κ1) is 22.5. The number of esters is 1. The maximum atomic E-state index is 12.7. The third kappa shape index (κ3) is 4.90. The molecule has 0 bridgehead atoms. The highest BCUT2D eigenvalue weighted by Gasteiger charge is 2.28. The van der Waals surface area contributed by atoms with Crippen LogP contribution < -0.4 is 9.62 Å². The standard InChI is InChI=1S/C25H24N2O5S/c1-2-33(30,31)27-15-14-18-16-19(12-13-23(18)27)24(28)17-32-25(29)21-10-6-7-11-22(21)26-20-8-4-3-5-9-20/h3-13,16,26H,2,14-15,17H2,1H3. The number of benzene rings is 3. The first-order valence-electron chi connectivity index (χ1n) is 10.6. The fourth-order valence-electron chi connectivity index (χ4n) is 3.73. The van der Waals surface area contributed by atoms with Crippen LogP contribution in [0.4, 0.5) is 17.1 Å². The minimum absolute atomic E-state index is 0.0175. The highest BCUT2D eigenvalue weighted by atomic mass is 32.2. The topological polar surface area (TPSA) is 92.8 Å². The number of carbonyl (C=O) groups excluding carboxylic acids is 2. The van der Waals surface area contributed by atoms with Gasteiger partial charge in [-0.15, -0.1) is 0 Å². The van der Waals surface area contributed by atoms with E-state index in [9.17, 15) is 18.0 Å². The Morgan fingerprint density at radius 2 is 1.73 bits per heavy atom. The lowest BCUT2D eigenvalue weighted by atomic mass is 10.1. The van der Waals surface area contributed by atoms with E-state index >= 15 is 0 Å². The van der Waals surface area contributed by atoms with Crippen molar-refractivity contribution in [2.45, 2.75) is 13.3 Å². The number of sulfonamides is 1. The molecule has 170 valence electrons. The summed E-state index contributed by atoms with van der Waals surface area (Å²) in [6, 6.07) is 21.3. The summed E-state index contributed by atoms with van der Waals surface area (Å²) in [7, 11) is -3.35. The summed E-state index contributed by atoms with van der Waals surface area (Å²) >= 11 is 0. The second-order valence-corrected chi connectivity index (χ2v) is 9.78. The van der Waals surface area contributed by atoms with Crippen LogP contribution in [0.5, 0.6) is 0 Å². The van der Waals surface area contributed by atoms with Crippen molar-refractivity contribution in [2.75, 3.05) is 28.5 Å². The first-order valence-corrected chi connectivity index (χ1v) is 12.2. The molecule has 1 N–H and O–H groups in total. The van der Waals surface area contributed by atoms with E-state index in [1.165, 1.54) is 4.31 Å². The van der Waals surface area contributed by atoms with E-state index in [1.54, 1.807) is 49.4 Å². The molecule has 1 aliphatic heterocycles. The van der Waals surface area contributed by atoms with Gasteiger partial charge in [0.05, 0.1) is 22.7 Å². The van der Waals surface area contributed by atoms with Gasteiger partial charge in [-0.3, -0.25) is 9.10 Å². The van der Waals surface area contributed by atoms with Crippen molar-refractivity contribution in [3.05, 3.63) is 89.5 Å². The van der Waals surface area contributed by atoms with E-state index in [2.05, 4.69) is 5.32 Å². The molecule has 1 aliphatic rings. The van der Waals surface area contributed by atoms with Crippen LogP contribution in [-0.4, -0.2) is 39.1 Å². The van der Waals surface area contributed by atoms with Crippen LogP contribution in [0.3, 0.4) is 0 Å². The number of anilines is 3. The van der Waals surface area contributed by atoms with Gasteiger partial charge >= 0.3 is 5.97 Å². The Labute approximate surface area is 193 Å². The highest BCUT2D eigenvalue weighted by molar-refractivity contribution is 7.92. The fourth-order valence-corrected chi connectivity index (χ4v) is 4.89. The number of hydrogen-bond donors (Lipinski definition) is 1. The van der Waals surface area contributed by atoms with Gasteiger partial charge in [-0.05, 0) is 61.4 Å². The normalized spacial score (nSPS) is 12.8. The van der Waals surface area contributed by atoms with Crippen LogP contribution in [0, 0.1) is 0 Å². The van der Waals surface area contributed by atoms with Crippen molar-refractivity contribution >= 4 is 38.8 Å². The Bertz CT molecular complexity index is 1290. The number of para-hydroxylation sites is 2. The monoisotopic (exact) mass is 464 g/mol. The third-order valence-corrected chi connectivity index (χ3v) is 7.27. The van der Waals surface area contributed by atoms with Gasteiger partial charge in [0, 0.05) is 17.8 Å². The smallest absolute Gasteiger partial charge is 0.340 e. The highest BCUT2D eigenvalue weighted by Crippen LogP contribution is 2.31. The van der Waals surface area contributed by atoms with Crippen LogP contribution >= 0.6 is 0 Å². The van der Waals surface area contributed by atoms with Gasteiger partial charge in [0.15, 0.2) is 12.4 Å². The molecule has 0 spiro atoms. The third-order valence-electron chi connectivity index (χ3n) is 5.49. The van der Waals surface area contributed by atoms with Crippen molar-refractivity contribution in [3.8, 4) is 0 Å². The number of Topliss-reactive ketones (excluding diaryl/α,β-unsaturated/α-hetero) is 1. The second-order valence-electron chi connectivity index (χ2n) is 7.60. The van der Waals surface area contributed by atoms with Crippen molar-refractivity contribution in [1.82, 2.24) is 0 Å². The summed E-state index contributed by atoms with van der Waals surface area (Å²) in [5, 5.41) is 3.18. The zero-order valence-corrected chi connectivity index (χ0v) is 19.0. The van der Waals surface area contributed by atoms with Gasteiger partial charge in [-0.2, -0.15) is 0 Å². The average molecular weight is 465 g/mol. The van der Waals surface area contributed by atoms with Gasteiger partial charge in [0.2, 0.25) is 10.0 Å². The molecule has 7 nitrogen and oxygen atoms in total. The zero-order valence-electron chi connectivity index (χ0n) is 18.2. The minimum Gasteiger partial charge on any atom is -0.454 e. The van der Waals surface area contributed by atoms with E-state index in [0.29, 0.717) is 35.5 Å². The van der Waals surface area contributed by atoms with E-state index < -0.39 is 22.6 Å². The van der Waals surface area contributed by atoms with Crippen LogP contribution in [0.1, 0.15) is 33.2 Å². The number of ether oxygens (including phenoxy) is 1. The summed E-state index contributed by atoms with van der Waals surface area (Å²) in [6.07, 6.45) is 0.536. The summed E-state index contributed by atoms with van der Waals surface area (Å²) < 4.78 is 31.2. The molecular formula is C25H24N2O5S. The molecule has 3 aromatic carbocycles. The number of carbonyl (C=O) groups is 2. The van der Waals surface area contributed by atoms with Gasteiger partial charge in [0.1, 0.15) is 0 Å². The molecular weight excluding hydrogens is 440 g/mol. The van der Waals surface area contributed by atoms with E-state index in [1.807, 2.05) is 30.3 Å². The fraction of sp³-hybridized carbons (Fsp3) is 0.200. The van der Waals surface area contributed by atoms with Crippen molar-refractivity contribution < 1.29 is 22.7 Å². The molecule has 0 saturated heterocycles. The summed E-state index contributed by atoms with van der Waals surface area (Å²) in [4.78, 5) is 25.3. The van der Waals surface area contributed by atoms with Gasteiger partial charge in [0.25, 0.3) is 0 Å². The lowest BCUT2D eigenvalue weighted by molar-refractivity contribution is 0.0475. The summed E-state index contributed by atoms with van der Waals surface area (Å²) in [5.41, 5.74) is 3.51. The predicted molar refractivity (Wildman–Crippen MR) is 128 cm³/mol. The van der Waals surface area contributed by atoms with E-state index in [0.717, 1.165) is 11.3 Å². The van der Waals surface area contributed by atoms with Crippen molar-refractivity contribution in [1.29, 1.82) is 0 Å². The van der Waals surface area contributed by atoms with Crippen LogP contribution in [0.25, 0.3) is 0 Å². The van der Waals surface area contributed by atoms with Crippen LogP contribution in [-0.2, 0) is 21.2 Å². The molecule has 0 fully saturated rings. The Balaban J connectivity index is 1.44. The molecule has 33 heavy (non-hydrogen) atoms. The number of hydrogen-bond acceptors (Lipinski definition) is 6. The Morgan fingerprint density at radius 1 is 1.00 bits per heavy atom. The number of nitrogens with zero attached hydrogens (tertiary/aromatic N) is 1. The lowest BCUT2D eigenvalue weighted by Crippen LogP contribution is -2.30. The van der Waals surface area contributed by atoms with Crippen molar-refractivity contribution in [2.24, 2.45) is 0 Å². The predicted octanol–water partition coefficient (Wildman–Crippen LogP) is 4.18. The molecule has 0 amide bonds. The molecule has 0 atom stereocenters. The summed E-state index contributed by atoms with van der Waals surface area (Å²) in [5.74, 6) is -0.941. The molecule has 8 heteroatoms. The van der Waals surface area contributed by atoms with Crippen LogP contribution in [0.15, 0.2) is 72.8 Å². The largest absolute Gasteiger partial charge is 0.454 e. The zero-order chi connectivity index (χ0) is 23.4. The van der Waals surface area contributed by atoms with Crippen molar-refractivity contribution in [3.63, 3.8) is 0 Å². The van der Waals surface area contributed by atoms with Gasteiger partial charge in [-0.25, -0.2) is 13.2 Å². The number of ketones is 1. The Hall–Kier alpha value is -3.65. The van der Waals surface area contributed by atoms with Crippen LogP contribution in [0.2, 0.25) is 0 Å². The molecule has 0 aromatic heterocycles. The lowest BCUT2D eigenvalue weighted by Gasteiger charge is -2.18. The second kappa shape index (κ2) is 9.46. The molecule has 0 saturated carbocycles. The number of rotatable bonds is 8. The van der Waals surface area contributed by atoms with E-state index in [-0.39, 0.29) is 11.5 Å². The summed E-state index contributed by atoms with van der Waals surface area (Å²) in [6.45, 7) is 1.56. The molecule has 1 heterocycles. The average Bonchev–Trinajstić information content (AvgIpc) is 3.27.